The summed E-state index contributed by atoms with van der Waals surface area (Å²) in [5.41, 5.74) is 0.777. The lowest BCUT2D eigenvalue weighted by Crippen LogP contribution is -2.36. The Morgan fingerprint density at radius 2 is 2.00 bits per heavy atom. The van der Waals surface area contributed by atoms with E-state index in [-0.39, 0.29) is 17.1 Å². The molecule has 0 radical (unpaired) electrons. The summed E-state index contributed by atoms with van der Waals surface area (Å²) < 4.78 is 55.6. The summed E-state index contributed by atoms with van der Waals surface area (Å²) in [5, 5.41) is 3.93. The van der Waals surface area contributed by atoms with E-state index in [2.05, 4.69) is 5.10 Å². The number of anilines is 1. The van der Waals surface area contributed by atoms with E-state index in [1.54, 1.807) is 14.0 Å². The van der Waals surface area contributed by atoms with E-state index in [1.165, 1.54) is 16.9 Å². The van der Waals surface area contributed by atoms with E-state index in [4.69, 9.17) is 0 Å². The number of fused-ring (bicyclic) bond motifs is 1. The van der Waals surface area contributed by atoms with Crippen LogP contribution in [0.4, 0.5) is 14.5 Å². The van der Waals surface area contributed by atoms with Gasteiger partial charge in [-0.3, -0.25) is 8.99 Å². The maximum Gasteiger partial charge on any atom is 0.267 e. The average molecular weight is 327 g/mol. The van der Waals surface area contributed by atoms with E-state index in [0.717, 1.165) is 4.31 Å². The van der Waals surface area contributed by atoms with Gasteiger partial charge in [0.2, 0.25) is 0 Å². The van der Waals surface area contributed by atoms with Gasteiger partial charge in [0.15, 0.2) is 5.82 Å². The Morgan fingerprint density at radius 3 is 2.64 bits per heavy atom. The van der Waals surface area contributed by atoms with Crippen molar-refractivity contribution in [2.24, 2.45) is 7.05 Å². The summed E-state index contributed by atoms with van der Waals surface area (Å²) >= 11 is 0. The molecule has 0 aliphatic carbocycles. The van der Waals surface area contributed by atoms with Crippen molar-refractivity contribution in [2.75, 3.05) is 10.8 Å². The Hall–Kier alpha value is -1.96. The third-order valence-electron chi connectivity index (χ3n) is 3.92. The second-order valence-electron chi connectivity index (χ2n) is 5.29. The molecule has 0 atom stereocenters. The monoisotopic (exact) mass is 327 g/mol. The van der Waals surface area contributed by atoms with Crippen molar-refractivity contribution < 1.29 is 17.2 Å². The second-order valence-corrected chi connectivity index (χ2v) is 7.12. The normalized spacial score (nSPS) is 15.0. The molecular weight excluding hydrogens is 312 g/mol. The molecule has 0 fully saturated rings. The maximum absolute atomic E-state index is 14.2. The van der Waals surface area contributed by atoms with E-state index in [1.807, 2.05) is 0 Å². The van der Waals surface area contributed by atoms with Crippen LogP contribution >= 0.6 is 0 Å². The first kappa shape index (κ1) is 15.0. The first-order valence-corrected chi connectivity index (χ1v) is 8.25. The molecular formula is C14H15F2N3O2S. The third kappa shape index (κ3) is 2.18. The van der Waals surface area contributed by atoms with Crippen LogP contribution in [-0.4, -0.2) is 24.7 Å². The largest absolute Gasteiger partial charge is 0.272 e. The molecule has 0 saturated heterocycles. The number of aryl methyl sites for hydroxylation is 2. The number of halogens is 2. The molecule has 2 aromatic rings. The van der Waals surface area contributed by atoms with Crippen molar-refractivity contribution in [1.82, 2.24) is 9.78 Å². The lowest BCUT2D eigenvalue weighted by Gasteiger charge is -2.30. The SMILES string of the molecule is Cc1c(S(=O)(=O)N2CCCc3cc(F)cc(F)c32)cnn1C. The highest BCUT2D eigenvalue weighted by Crippen LogP contribution is 2.35. The van der Waals surface area contributed by atoms with Crippen LogP contribution in [0.5, 0.6) is 0 Å². The maximum atomic E-state index is 14.2. The van der Waals surface area contributed by atoms with Crippen LogP contribution in [0, 0.1) is 18.6 Å². The van der Waals surface area contributed by atoms with Crippen molar-refractivity contribution in [3.8, 4) is 0 Å². The number of rotatable bonds is 2. The molecule has 1 aliphatic heterocycles. The molecule has 0 unspecified atom stereocenters. The topological polar surface area (TPSA) is 55.2 Å². The summed E-state index contributed by atoms with van der Waals surface area (Å²) in [4.78, 5) is 0.0339. The molecule has 2 heterocycles. The van der Waals surface area contributed by atoms with Gasteiger partial charge in [0.1, 0.15) is 10.7 Å². The molecule has 1 aromatic heterocycles. The van der Waals surface area contributed by atoms with Gasteiger partial charge in [0.05, 0.1) is 17.6 Å². The van der Waals surface area contributed by atoms with Crippen molar-refractivity contribution in [3.63, 3.8) is 0 Å². The molecule has 0 spiro atoms. The molecule has 0 amide bonds. The van der Waals surface area contributed by atoms with E-state index < -0.39 is 21.7 Å². The number of hydrogen-bond acceptors (Lipinski definition) is 3. The molecule has 0 saturated carbocycles. The highest BCUT2D eigenvalue weighted by molar-refractivity contribution is 7.92. The van der Waals surface area contributed by atoms with Crippen LogP contribution in [0.1, 0.15) is 17.7 Å². The zero-order valence-corrected chi connectivity index (χ0v) is 13.0. The van der Waals surface area contributed by atoms with Gasteiger partial charge >= 0.3 is 0 Å². The molecule has 1 aromatic carbocycles. The van der Waals surface area contributed by atoms with Crippen LogP contribution in [0.15, 0.2) is 23.2 Å². The Bertz CT molecular complexity index is 846. The van der Waals surface area contributed by atoms with Gasteiger partial charge in [-0.25, -0.2) is 17.2 Å². The van der Waals surface area contributed by atoms with Crippen molar-refractivity contribution in [2.45, 2.75) is 24.7 Å². The van der Waals surface area contributed by atoms with Crippen LogP contribution in [0.25, 0.3) is 0 Å². The fraction of sp³-hybridized carbons (Fsp3) is 0.357. The van der Waals surface area contributed by atoms with Gasteiger partial charge in [-0.2, -0.15) is 5.10 Å². The summed E-state index contributed by atoms with van der Waals surface area (Å²) in [6.07, 6.45) is 2.21. The quantitative estimate of drug-likeness (QED) is 0.849. The number of nitrogens with zero attached hydrogens (tertiary/aromatic N) is 3. The number of hydrogen-bond donors (Lipinski definition) is 0. The predicted molar refractivity (Wildman–Crippen MR) is 77.2 cm³/mol. The van der Waals surface area contributed by atoms with Gasteiger partial charge in [0.25, 0.3) is 10.0 Å². The van der Waals surface area contributed by atoms with Crippen LogP contribution in [0.3, 0.4) is 0 Å². The number of benzene rings is 1. The van der Waals surface area contributed by atoms with Crippen LogP contribution in [-0.2, 0) is 23.5 Å². The molecule has 1 aliphatic rings. The first-order valence-electron chi connectivity index (χ1n) is 6.81. The molecule has 0 bridgehead atoms. The van der Waals surface area contributed by atoms with Crippen molar-refractivity contribution in [3.05, 3.63) is 41.2 Å². The minimum absolute atomic E-state index is 0.0339. The molecule has 0 N–H and O–H groups in total. The molecule has 5 nitrogen and oxygen atoms in total. The number of sulfonamides is 1. The zero-order chi connectivity index (χ0) is 16.1. The van der Waals surface area contributed by atoms with E-state index in [0.29, 0.717) is 30.2 Å². The first-order chi connectivity index (χ1) is 10.3. The summed E-state index contributed by atoms with van der Waals surface area (Å²) in [5.74, 6) is -1.56. The summed E-state index contributed by atoms with van der Waals surface area (Å²) in [6.45, 7) is 1.79. The molecule has 8 heteroatoms. The van der Waals surface area contributed by atoms with Gasteiger partial charge in [-0.05, 0) is 31.4 Å². The fourth-order valence-electron chi connectivity index (χ4n) is 2.70. The van der Waals surface area contributed by atoms with Crippen molar-refractivity contribution in [1.29, 1.82) is 0 Å². The van der Waals surface area contributed by atoms with Crippen molar-refractivity contribution >= 4 is 15.7 Å². The van der Waals surface area contributed by atoms with E-state index >= 15 is 0 Å². The molecule has 118 valence electrons. The zero-order valence-electron chi connectivity index (χ0n) is 12.2. The lowest BCUT2D eigenvalue weighted by atomic mass is 10.0. The smallest absolute Gasteiger partial charge is 0.267 e. The van der Waals surface area contributed by atoms with Crippen LogP contribution in [0.2, 0.25) is 0 Å². The van der Waals surface area contributed by atoms with E-state index in [9.17, 15) is 17.2 Å². The highest BCUT2D eigenvalue weighted by atomic mass is 32.2. The predicted octanol–water partition coefficient (Wildman–Crippen LogP) is 2.15. The molecule has 3 rings (SSSR count). The lowest BCUT2D eigenvalue weighted by molar-refractivity contribution is 0.561. The van der Waals surface area contributed by atoms with Gasteiger partial charge in [0, 0.05) is 19.7 Å². The second kappa shape index (κ2) is 5.05. The van der Waals surface area contributed by atoms with Gasteiger partial charge in [-0.15, -0.1) is 0 Å². The number of aromatic nitrogens is 2. The Labute approximate surface area is 127 Å². The minimum Gasteiger partial charge on any atom is -0.272 e. The standard InChI is InChI=1S/C14H15F2N3O2S/c1-9-13(8-17-18(9)2)22(20,21)19-5-3-4-10-6-11(15)7-12(16)14(10)19/h6-8H,3-5H2,1-2H3. The summed E-state index contributed by atoms with van der Waals surface area (Å²) in [6, 6.07) is 1.90. The van der Waals surface area contributed by atoms with Gasteiger partial charge < -0.3 is 0 Å². The van der Waals surface area contributed by atoms with Crippen LogP contribution < -0.4 is 4.31 Å². The summed E-state index contributed by atoms with van der Waals surface area (Å²) in [7, 11) is -2.30. The third-order valence-corrected chi connectivity index (χ3v) is 5.82. The Kier molecular flexibility index (Phi) is 3.43. The molecule has 22 heavy (non-hydrogen) atoms. The highest BCUT2D eigenvalue weighted by Gasteiger charge is 2.34. The Balaban J connectivity index is 2.17. The fourth-order valence-corrected chi connectivity index (χ4v) is 4.44. The van der Waals surface area contributed by atoms with Gasteiger partial charge in [-0.1, -0.05) is 0 Å². The average Bonchev–Trinajstić information content (AvgIpc) is 2.78. The minimum atomic E-state index is -3.93. The Morgan fingerprint density at radius 1 is 1.27 bits per heavy atom.